The highest BCUT2D eigenvalue weighted by molar-refractivity contribution is 4.93. The molecule has 0 aromatic carbocycles. The van der Waals surface area contributed by atoms with Gasteiger partial charge in [-0.25, -0.2) is 0 Å². The number of aliphatic hydroxyl groups excluding tert-OH is 2. The van der Waals surface area contributed by atoms with E-state index in [9.17, 15) is 5.11 Å². The summed E-state index contributed by atoms with van der Waals surface area (Å²) in [5.74, 6) is 0. The SMILES string of the molecule is CCC(C)(C)CC(C)(C)C1OC(CO)CC1O. The van der Waals surface area contributed by atoms with E-state index in [1.165, 1.54) is 0 Å². The maximum absolute atomic E-state index is 10.1. The number of hydrogen-bond acceptors (Lipinski definition) is 3. The van der Waals surface area contributed by atoms with E-state index >= 15 is 0 Å². The molecular formula is C14H28O3. The molecule has 102 valence electrons. The smallest absolute Gasteiger partial charge is 0.0890 e. The minimum atomic E-state index is -0.449. The van der Waals surface area contributed by atoms with Gasteiger partial charge < -0.3 is 14.9 Å². The summed E-state index contributed by atoms with van der Waals surface area (Å²) in [6.45, 7) is 11.0. The van der Waals surface area contributed by atoms with E-state index in [0.717, 1.165) is 12.8 Å². The highest BCUT2D eigenvalue weighted by Gasteiger charge is 2.44. The summed E-state index contributed by atoms with van der Waals surface area (Å²) < 4.78 is 5.78. The topological polar surface area (TPSA) is 49.7 Å². The van der Waals surface area contributed by atoms with E-state index in [1.54, 1.807) is 0 Å². The third kappa shape index (κ3) is 3.67. The molecule has 0 spiro atoms. The lowest BCUT2D eigenvalue weighted by atomic mass is 9.70. The van der Waals surface area contributed by atoms with Gasteiger partial charge >= 0.3 is 0 Å². The molecule has 3 atom stereocenters. The predicted molar refractivity (Wildman–Crippen MR) is 68.8 cm³/mol. The Balaban J connectivity index is 2.70. The molecule has 0 aromatic heterocycles. The van der Waals surface area contributed by atoms with Gasteiger partial charge in [0.25, 0.3) is 0 Å². The van der Waals surface area contributed by atoms with Crippen molar-refractivity contribution in [1.82, 2.24) is 0 Å². The molecule has 0 bridgehead atoms. The molecule has 0 aromatic rings. The molecule has 0 amide bonds. The van der Waals surface area contributed by atoms with E-state index in [4.69, 9.17) is 9.84 Å². The Morgan fingerprint density at radius 1 is 1.24 bits per heavy atom. The van der Waals surface area contributed by atoms with Crippen molar-refractivity contribution in [1.29, 1.82) is 0 Å². The molecule has 1 aliphatic heterocycles. The first-order valence-corrected chi connectivity index (χ1v) is 6.66. The Hall–Kier alpha value is -0.120. The zero-order chi connectivity index (χ0) is 13.3. The molecule has 1 aliphatic rings. The van der Waals surface area contributed by atoms with Crippen LogP contribution in [0, 0.1) is 10.8 Å². The van der Waals surface area contributed by atoms with Crippen LogP contribution in [0.2, 0.25) is 0 Å². The third-order valence-electron chi connectivity index (χ3n) is 4.06. The lowest BCUT2D eigenvalue weighted by Gasteiger charge is -2.39. The summed E-state index contributed by atoms with van der Waals surface area (Å²) in [6, 6.07) is 0. The normalized spacial score (nSPS) is 30.9. The summed E-state index contributed by atoms with van der Waals surface area (Å²) in [5.41, 5.74) is 0.187. The van der Waals surface area contributed by atoms with Crippen LogP contribution in [-0.4, -0.2) is 35.1 Å². The molecule has 17 heavy (non-hydrogen) atoms. The largest absolute Gasteiger partial charge is 0.394 e. The fourth-order valence-electron chi connectivity index (χ4n) is 3.03. The van der Waals surface area contributed by atoms with Crippen LogP contribution in [0.1, 0.15) is 53.9 Å². The van der Waals surface area contributed by atoms with E-state index in [2.05, 4.69) is 34.6 Å². The molecule has 1 saturated heterocycles. The second-order valence-electron chi connectivity index (χ2n) is 6.85. The van der Waals surface area contributed by atoms with Gasteiger partial charge in [0.2, 0.25) is 0 Å². The zero-order valence-corrected chi connectivity index (χ0v) is 11.9. The van der Waals surface area contributed by atoms with E-state index < -0.39 is 6.10 Å². The number of ether oxygens (including phenoxy) is 1. The Kier molecular flexibility index (Phi) is 4.61. The van der Waals surface area contributed by atoms with Gasteiger partial charge in [0.15, 0.2) is 0 Å². The fourth-order valence-corrected chi connectivity index (χ4v) is 3.03. The van der Waals surface area contributed by atoms with Crippen molar-refractivity contribution in [3.63, 3.8) is 0 Å². The van der Waals surface area contributed by atoms with Crippen molar-refractivity contribution in [2.45, 2.75) is 72.2 Å². The molecule has 3 nitrogen and oxygen atoms in total. The Morgan fingerprint density at radius 2 is 1.82 bits per heavy atom. The monoisotopic (exact) mass is 244 g/mol. The van der Waals surface area contributed by atoms with Crippen LogP contribution in [0.3, 0.4) is 0 Å². The summed E-state index contributed by atoms with van der Waals surface area (Å²) in [6.07, 6.45) is 1.87. The minimum Gasteiger partial charge on any atom is -0.394 e. The first kappa shape index (κ1) is 14.9. The van der Waals surface area contributed by atoms with Gasteiger partial charge in [-0.3, -0.25) is 0 Å². The average molecular weight is 244 g/mol. The van der Waals surface area contributed by atoms with E-state index in [1.807, 2.05) is 0 Å². The van der Waals surface area contributed by atoms with Gasteiger partial charge in [-0.1, -0.05) is 41.0 Å². The molecule has 3 heteroatoms. The van der Waals surface area contributed by atoms with Crippen molar-refractivity contribution in [2.75, 3.05) is 6.61 Å². The average Bonchev–Trinajstić information content (AvgIpc) is 2.59. The molecule has 1 heterocycles. The molecular weight excluding hydrogens is 216 g/mol. The first-order valence-electron chi connectivity index (χ1n) is 6.66. The van der Waals surface area contributed by atoms with Crippen LogP contribution in [-0.2, 0) is 4.74 Å². The summed E-state index contributed by atoms with van der Waals surface area (Å²) in [4.78, 5) is 0. The number of rotatable bonds is 5. The first-order chi connectivity index (χ1) is 7.72. The molecule has 1 fully saturated rings. The Labute approximate surface area is 105 Å². The molecule has 2 N–H and O–H groups in total. The summed E-state index contributed by atoms with van der Waals surface area (Å²) in [7, 11) is 0. The predicted octanol–water partition coefficient (Wildman–Crippen LogP) is 2.35. The standard InChI is InChI=1S/C14H28O3/c1-6-13(2,3)9-14(4,5)12-11(16)7-10(8-15)17-12/h10-12,15-16H,6-9H2,1-5H3. The van der Waals surface area contributed by atoms with Gasteiger partial charge in [0, 0.05) is 6.42 Å². The number of aliphatic hydroxyl groups is 2. The lowest BCUT2D eigenvalue weighted by molar-refractivity contribution is -0.0817. The maximum Gasteiger partial charge on any atom is 0.0890 e. The third-order valence-corrected chi connectivity index (χ3v) is 4.06. The maximum atomic E-state index is 10.1. The van der Waals surface area contributed by atoms with Gasteiger partial charge in [-0.15, -0.1) is 0 Å². The highest BCUT2D eigenvalue weighted by Crippen LogP contribution is 2.43. The summed E-state index contributed by atoms with van der Waals surface area (Å²) >= 11 is 0. The van der Waals surface area contributed by atoms with Crippen LogP contribution in [0.4, 0.5) is 0 Å². The number of hydrogen-bond donors (Lipinski definition) is 2. The van der Waals surface area contributed by atoms with E-state index in [0.29, 0.717) is 6.42 Å². The van der Waals surface area contributed by atoms with Crippen LogP contribution < -0.4 is 0 Å². The molecule has 0 aliphatic carbocycles. The summed E-state index contributed by atoms with van der Waals surface area (Å²) in [5, 5.41) is 19.2. The van der Waals surface area contributed by atoms with Gasteiger partial charge in [-0.05, 0) is 17.3 Å². The van der Waals surface area contributed by atoms with Gasteiger partial charge in [-0.2, -0.15) is 0 Å². The van der Waals surface area contributed by atoms with Crippen molar-refractivity contribution in [2.24, 2.45) is 10.8 Å². The van der Waals surface area contributed by atoms with Crippen LogP contribution in [0.25, 0.3) is 0 Å². The van der Waals surface area contributed by atoms with Crippen molar-refractivity contribution >= 4 is 0 Å². The Morgan fingerprint density at radius 3 is 2.24 bits per heavy atom. The molecule has 1 rings (SSSR count). The molecule has 0 saturated carbocycles. The lowest BCUT2D eigenvalue weighted by Crippen LogP contribution is -2.40. The van der Waals surface area contributed by atoms with Gasteiger partial charge in [0.05, 0.1) is 24.9 Å². The Bertz CT molecular complexity index is 248. The van der Waals surface area contributed by atoms with Crippen molar-refractivity contribution in [3.05, 3.63) is 0 Å². The quantitative estimate of drug-likeness (QED) is 0.780. The molecule has 0 radical (unpaired) electrons. The zero-order valence-electron chi connectivity index (χ0n) is 11.9. The van der Waals surface area contributed by atoms with Gasteiger partial charge in [0.1, 0.15) is 0 Å². The van der Waals surface area contributed by atoms with Crippen LogP contribution in [0.5, 0.6) is 0 Å². The van der Waals surface area contributed by atoms with Crippen molar-refractivity contribution in [3.8, 4) is 0 Å². The van der Waals surface area contributed by atoms with Crippen LogP contribution in [0.15, 0.2) is 0 Å². The molecule has 3 unspecified atom stereocenters. The van der Waals surface area contributed by atoms with E-state index in [-0.39, 0.29) is 29.6 Å². The second-order valence-corrected chi connectivity index (χ2v) is 6.85. The minimum absolute atomic E-state index is 0.000804. The highest BCUT2D eigenvalue weighted by atomic mass is 16.5. The fraction of sp³-hybridized carbons (Fsp3) is 1.00. The van der Waals surface area contributed by atoms with Crippen molar-refractivity contribution < 1.29 is 14.9 Å². The van der Waals surface area contributed by atoms with Crippen LogP contribution >= 0.6 is 0 Å². The second kappa shape index (κ2) is 5.25.